The van der Waals surface area contributed by atoms with Crippen LogP contribution in [0.4, 0.5) is 4.79 Å². The van der Waals surface area contributed by atoms with Gasteiger partial charge >= 0.3 is 6.03 Å². The van der Waals surface area contributed by atoms with Crippen LogP contribution in [0.25, 0.3) is 0 Å². The standard InChI is InChI=1S/C18H24N4O2/c1-14(17-8-4-11-24-17)21-18(23)19-12-15-6-2-3-7-16(15)13-22-10-5-9-20-22/h2-3,5-7,9-10,14,17H,4,8,11-13H2,1H3,(H2,19,21,23)/t14-,17+/m1/s1. The largest absolute Gasteiger partial charge is 0.376 e. The molecule has 3 rings (SSSR count). The van der Waals surface area contributed by atoms with Crippen molar-refractivity contribution in [3.63, 3.8) is 0 Å². The molecule has 6 nitrogen and oxygen atoms in total. The highest BCUT2D eigenvalue weighted by molar-refractivity contribution is 5.74. The maximum absolute atomic E-state index is 12.1. The van der Waals surface area contributed by atoms with Crippen molar-refractivity contribution in [1.29, 1.82) is 0 Å². The van der Waals surface area contributed by atoms with Gasteiger partial charge in [-0.15, -0.1) is 0 Å². The van der Waals surface area contributed by atoms with Crippen LogP contribution in [0.1, 0.15) is 30.9 Å². The molecule has 1 aliphatic heterocycles. The van der Waals surface area contributed by atoms with E-state index in [1.807, 2.05) is 42.1 Å². The second kappa shape index (κ2) is 7.97. The molecule has 6 heteroatoms. The molecule has 1 saturated heterocycles. The summed E-state index contributed by atoms with van der Waals surface area (Å²) in [4.78, 5) is 12.1. The Morgan fingerprint density at radius 2 is 2.21 bits per heavy atom. The zero-order valence-electron chi connectivity index (χ0n) is 13.9. The fourth-order valence-corrected chi connectivity index (χ4v) is 2.98. The number of hydrogen-bond acceptors (Lipinski definition) is 3. The lowest BCUT2D eigenvalue weighted by Gasteiger charge is -2.20. The van der Waals surface area contributed by atoms with E-state index in [0.29, 0.717) is 13.1 Å². The maximum atomic E-state index is 12.1. The molecule has 2 atom stereocenters. The van der Waals surface area contributed by atoms with Crippen molar-refractivity contribution in [2.75, 3.05) is 6.61 Å². The minimum atomic E-state index is -0.160. The van der Waals surface area contributed by atoms with Crippen LogP contribution in [0, 0.1) is 0 Å². The van der Waals surface area contributed by atoms with Crippen molar-refractivity contribution in [1.82, 2.24) is 20.4 Å². The molecule has 1 aromatic carbocycles. The van der Waals surface area contributed by atoms with E-state index >= 15 is 0 Å². The Balaban J connectivity index is 1.53. The van der Waals surface area contributed by atoms with Crippen LogP contribution in [0.5, 0.6) is 0 Å². The lowest BCUT2D eigenvalue weighted by Crippen LogP contribution is -2.45. The summed E-state index contributed by atoms with van der Waals surface area (Å²) in [6.07, 6.45) is 5.90. The topological polar surface area (TPSA) is 68.2 Å². The minimum absolute atomic E-state index is 0.0202. The van der Waals surface area contributed by atoms with E-state index in [1.165, 1.54) is 0 Å². The first-order valence-electron chi connectivity index (χ1n) is 8.42. The van der Waals surface area contributed by atoms with Gasteiger partial charge in [0.05, 0.1) is 18.7 Å². The summed E-state index contributed by atoms with van der Waals surface area (Å²) >= 11 is 0. The highest BCUT2D eigenvalue weighted by atomic mass is 16.5. The van der Waals surface area contributed by atoms with E-state index < -0.39 is 0 Å². The molecule has 2 aromatic rings. The molecule has 0 unspecified atom stereocenters. The van der Waals surface area contributed by atoms with Gasteiger partial charge in [0.25, 0.3) is 0 Å². The molecule has 2 heterocycles. The monoisotopic (exact) mass is 328 g/mol. The third-order valence-electron chi connectivity index (χ3n) is 4.33. The summed E-state index contributed by atoms with van der Waals surface area (Å²) in [5, 5.41) is 10.1. The van der Waals surface area contributed by atoms with Gasteiger partial charge in [-0.2, -0.15) is 5.10 Å². The van der Waals surface area contributed by atoms with E-state index in [2.05, 4.69) is 21.8 Å². The lowest BCUT2D eigenvalue weighted by molar-refractivity contribution is 0.0860. The van der Waals surface area contributed by atoms with Crippen molar-refractivity contribution >= 4 is 6.03 Å². The van der Waals surface area contributed by atoms with E-state index in [-0.39, 0.29) is 18.2 Å². The van der Waals surface area contributed by atoms with Crippen LogP contribution >= 0.6 is 0 Å². The van der Waals surface area contributed by atoms with Crippen LogP contribution in [-0.4, -0.2) is 34.6 Å². The highest BCUT2D eigenvalue weighted by Crippen LogP contribution is 2.15. The third kappa shape index (κ3) is 4.35. The second-order valence-electron chi connectivity index (χ2n) is 6.14. The number of hydrogen-bond donors (Lipinski definition) is 2. The molecular weight excluding hydrogens is 304 g/mol. The van der Waals surface area contributed by atoms with Gasteiger partial charge in [0, 0.05) is 25.5 Å². The number of nitrogens with zero attached hydrogens (tertiary/aromatic N) is 2. The molecule has 128 valence electrons. The van der Waals surface area contributed by atoms with Crippen LogP contribution in [-0.2, 0) is 17.8 Å². The van der Waals surface area contributed by atoms with E-state index in [9.17, 15) is 4.79 Å². The predicted molar refractivity (Wildman–Crippen MR) is 91.6 cm³/mol. The van der Waals surface area contributed by atoms with E-state index in [1.54, 1.807) is 6.20 Å². The zero-order chi connectivity index (χ0) is 16.8. The van der Waals surface area contributed by atoms with Crippen LogP contribution < -0.4 is 10.6 Å². The first-order chi connectivity index (χ1) is 11.7. The molecule has 1 aliphatic rings. The van der Waals surface area contributed by atoms with Crippen LogP contribution in [0.15, 0.2) is 42.7 Å². The van der Waals surface area contributed by atoms with Gasteiger partial charge in [0.2, 0.25) is 0 Å². The maximum Gasteiger partial charge on any atom is 0.315 e. The Morgan fingerprint density at radius 3 is 2.92 bits per heavy atom. The third-order valence-corrected chi connectivity index (χ3v) is 4.33. The van der Waals surface area contributed by atoms with Gasteiger partial charge in [0.1, 0.15) is 0 Å². The zero-order valence-corrected chi connectivity index (χ0v) is 13.9. The summed E-state index contributed by atoms with van der Waals surface area (Å²) in [6.45, 7) is 3.96. The average molecular weight is 328 g/mol. The molecule has 2 N–H and O–H groups in total. The summed E-state index contributed by atoms with van der Waals surface area (Å²) in [5.41, 5.74) is 2.24. The summed E-state index contributed by atoms with van der Waals surface area (Å²) < 4.78 is 7.48. The molecule has 0 radical (unpaired) electrons. The number of benzene rings is 1. The van der Waals surface area contributed by atoms with Crippen molar-refractivity contribution in [2.24, 2.45) is 0 Å². The summed E-state index contributed by atoms with van der Waals surface area (Å²) in [6, 6.07) is 9.84. The van der Waals surface area contributed by atoms with Crippen molar-refractivity contribution < 1.29 is 9.53 Å². The number of urea groups is 1. The lowest BCUT2D eigenvalue weighted by atomic mass is 10.1. The molecule has 1 fully saturated rings. The molecule has 0 bridgehead atoms. The van der Waals surface area contributed by atoms with Crippen molar-refractivity contribution in [3.05, 3.63) is 53.9 Å². The van der Waals surface area contributed by atoms with Crippen LogP contribution in [0.3, 0.4) is 0 Å². The SMILES string of the molecule is C[C@@H](NC(=O)NCc1ccccc1Cn1cccn1)[C@@H]1CCCO1. The van der Waals surface area contributed by atoms with Crippen molar-refractivity contribution in [2.45, 2.75) is 45.0 Å². The molecule has 1 aromatic heterocycles. The van der Waals surface area contributed by atoms with Gasteiger partial charge in [-0.05, 0) is 37.0 Å². The van der Waals surface area contributed by atoms with E-state index in [0.717, 1.165) is 30.6 Å². The Kier molecular flexibility index (Phi) is 5.48. The second-order valence-corrected chi connectivity index (χ2v) is 6.14. The first kappa shape index (κ1) is 16.5. The quantitative estimate of drug-likeness (QED) is 0.855. The minimum Gasteiger partial charge on any atom is -0.376 e. The molecule has 24 heavy (non-hydrogen) atoms. The van der Waals surface area contributed by atoms with Gasteiger partial charge < -0.3 is 15.4 Å². The average Bonchev–Trinajstić information content (AvgIpc) is 3.27. The Labute approximate surface area is 142 Å². The summed E-state index contributed by atoms with van der Waals surface area (Å²) in [7, 11) is 0. The number of amides is 2. The van der Waals surface area contributed by atoms with Crippen molar-refractivity contribution in [3.8, 4) is 0 Å². The molecule has 0 saturated carbocycles. The van der Waals surface area contributed by atoms with Gasteiger partial charge in [-0.3, -0.25) is 4.68 Å². The van der Waals surface area contributed by atoms with Crippen LogP contribution in [0.2, 0.25) is 0 Å². The Morgan fingerprint density at radius 1 is 1.38 bits per heavy atom. The Hall–Kier alpha value is -2.34. The molecular formula is C18H24N4O2. The smallest absolute Gasteiger partial charge is 0.315 e. The summed E-state index contributed by atoms with van der Waals surface area (Å²) in [5.74, 6) is 0. The number of carbonyl (C=O) groups is 1. The molecule has 2 amide bonds. The number of carbonyl (C=O) groups excluding carboxylic acids is 1. The fraction of sp³-hybridized carbons (Fsp3) is 0.444. The highest BCUT2D eigenvalue weighted by Gasteiger charge is 2.23. The molecule has 0 aliphatic carbocycles. The number of rotatable bonds is 6. The number of nitrogens with one attached hydrogen (secondary N) is 2. The van der Waals surface area contributed by atoms with Gasteiger partial charge in [-0.25, -0.2) is 4.79 Å². The van der Waals surface area contributed by atoms with Gasteiger partial charge in [0.15, 0.2) is 0 Å². The predicted octanol–water partition coefficient (Wildman–Crippen LogP) is 2.30. The number of aromatic nitrogens is 2. The Bertz CT molecular complexity index is 651. The number of ether oxygens (including phenoxy) is 1. The van der Waals surface area contributed by atoms with E-state index in [4.69, 9.17) is 4.74 Å². The van der Waals surface area contributed by atoms with Gasteiger partial charge in [-0.1, -0.05) is 24.3 Å². The fourth-order valence-electron chi connectivity index (χ4n) is 2.98. The normalized spacial score (nSPS) is 18.3. The first-order valence-corrected chi connectivity index (χ1v) is 8.42. The molecule has 0 spiro atoms.